The van der Waals surface area contributed by atoms with Crippen molar-refractivity contribution < 1.29 is 5.11 Å². The number of nitrogens with zero attached hydrogens (tertiary/aromatic N) is 4. The maximum absolute atomic E-state index is 9.43. The summed E-state index contributed by atoms with van der Waals surface area (Å²) in [6.45, 7) is 2.43. The molecule has 0 unspecified atom stereocenters. The zero-order chi connectivity index (χ0) is 13.1. The molecule has 2 heterocycles. The van der Waals surface area contributed by atoms with Crippen molar-refractivity contribution in [1.82, 2.24) is 14.5 Å². The van der Waals surface area contributed by atoms with Gasteiger partial charge in [0.25, 0.3) is 0 Å². The van der Waals surface area contributed by atoms with E-state index in [1.54, 1.807) is 19.3 Å². The molecule has 2 aromatic rings. The number of aliphatic hydroxyl groups excluding tert-OH is 1. The van der Waals surface area contributed by atoms with Gasteiger partial charge in [0.2, 0.25) is 0 Å². The Balaban J connectivity index is 2.09. The van der Waals surface area contributed by atoms with Crippen LogP contribution in [-0.2, 0) is 13.6 Å². The highest BCUT2D eigenvalue weighted by atomic mass is 16.3. The monoisotopic (exact) mass is 246 g/mol. The average molecular weight is 246 g/mol. The van der Waals surface area contributed by atoms with Crippen LogP contribution in [0.5, 0.6) is 0 Å². The first kappa shape index (κ1) is 12.6. The van der Waals surface area contributed by atoms with Gasteiger partial charge in [-0.05, 0) is 18.6 Å². The number of hydrogen-bond donors (Lipinski definition) is 1. The van der Waals surface area contributed by atoms with Crippen LogP contribution in [-0.4, -0.2) is 26.7 Å². The van der Waals surface area contributed by atoms with Crippen molar-refractivity contribution in [3.63, 3.8) is 0 Å². The predicted octanol–water partition coefficient (Wildman–Crippen LogP) is 1.50. The van der Waals surface area contributed by atoms with E-state index < -0.39 is 6.10 Å². The number of aryl methyl sites for hydroxylation is 1. The molecule has 0 radical (unpaired) electrons. The summed E-state index contributed by atoms with van der Waals surface area (Å²) >= 11 is 0. The molecule has 0 aliphatic carbocycles. The van der Waals surface area contributed by atoms with Gasteiger partial charge in [-0.1, -0.05) is 6.07 Å². The van der Waals surface area contributed by atoms with Gasteiger partial charge in [-0.15, -0.1) is 0 Å². The third kappa shape index (κ3) is 2.68. The largest absolute Gasteiger partial charge is 0.389 e. The second-order valence-electron chi connectivity index (χ2n) is 4.44. The van der Waals surface area contributed by atoms with Gasteiger partial charge < -0.3 is 14.6 Å². The first-order valence-electron chi connectivity index (χ1n) is 5.89. The minimum absolute atomic E-state index is 0.480. The van der Waals surface area contributed by atoms with E-state index >= 15 is 0 Å². The molecule has 0 bridgehead atoms. The Bertz CT molecular complexity index is 504. The fourth-order valence-electron chi connectivity index (χ4n) is 1.71. The minimum atomic E-state index is -0.480. The molecule has 0 spiro atoms. The summed E-state index contributed by atoms with van der Waals surface area (Å²) in [7, 11) is 3.94. The van der Waals surface area contributed by atoms with Crippen LogP contribution in [0.2, 0.25) is 0 Å². The minimum Gasteiger partial charge on any atom is -0.389 e. The first-order chi connectivity index (χ1) is 8.58. The van der Waals surface area contributed by atoms with Crippen molar-refractivity contribution in [3.05, 3.63) is 42.1 Å². The van der Waals surface area contributed by atoms with Gasteiger partial charge in [0.15, 0.2) is 0 Å². The lowest BCUT2D eigenvalue weighted by atomic mass is 10.2. The lowest BCUT2D eigenvalue weighted by Gasteiger charge is -2.18. The molecule has 18 heavy (non-hydrogen) atoms. The molecule has 0 aromatic carbocycles. The molecule has 0 saturated heterocycles. The van der Waals surface area contributed by atoms with Gasteiger partial charge in [0.05, 0.1) is 12.6 Å². The molecular weight excluding hydrogens is 228 g/mol. The Kier molecular flexibility index (Phi) is 3.62. The topological polar surface area (TPSA) is 54.2 Å². The Morgan fingerprint density at radius 2 is 2.17 bits per heavy atom. The third-order valence-corrected chi connectivity index (χ3v) is 2.94. The summed E-state index contributed by atoms with van der Waals surface area (Å²) in [6.07, 6.45) is 4.93. The van der Waals surface area contributed by atoms with Crippen LogP contribution in [0, 0.1) is 0 Å². The van der Waals surface area contributed by atoms with Gasteiger partial charge >= 0.3 is 0 Å². The number of aliphatic hydroxyl groups is 1. The summed E-state index contributed by atoms with van der Waals surface area (Å²) in [4.78, 5) is 10.6. The molecule has 2 aromatic heterocycles. The standard InChI is InChI=1S/C13H18N4O/c1-10(18)11-4-5-12(15-8-11)17(3)9-13-14-6-7-16(13)2/h4-8,10,18H,9H2,1-3H3/t10-/m1/s1. The molecule has 0 aliphatic heterocycles. The number of hydrogen-bond acceptors (Lipinski definition) is 4. The highest BCUT2D eigenvalue weighted by molar-refractivity contribution is 5.38. The smallest absolute Gasteiger partial charge is 0.128 e. The Morgan fingerprint density at radius 1 is 1.39 bits per heavy atom. The van der Waals surface area contributed by atoms with Crippen LogP contribution >= 0.6 is 0 Å². The fourth-order valence-corrected chi connectivity index (χ4v) is 1.71. The van der Waals surface area contributed by atoms with Crippen LogP contribution in [0.4, 0.5) is 5.82 Å². The molecule has 5 heteroatoms. The van der Waals surface area contributed by atoms with Crippen molar-refractivity contribution in [2.45, 2.75) is 19.6 Å². The van der Waals surface area contributed by atoms with Crippen molar-refractivity contribution >= 4 is 5.82 Å². The maximum atomic E-state index is 9.43. The fraction of sp³-hybridized carbons (Fsp3) is 0.385. The molecule has 0 aliphatic rings. The zero-order valence-corrected chi connectivity index (χ0v) is 10.9. The average Bonchev–Trinajstić information content (AvgIpc) is 2.75. The first-order valence-corrected chi connectivity index (χ1v) is 5.89. The summed E-state index contributed by atoms with van der Waals surface area (Å²) in [6, 6.07) is 3.80. The molecule has 1 atom stereocenters. The number of rotatable bonds is 4. The van der Waals surface area contributed by atoms with Crippen LogP contribution in [0.1, 0.15) is 24.4 Å². The molecular formula is C13H18N4O. The molecule has 0 saturated carbocycles. The van der Waals surface area contributed by atoms with E-state index in [4.69, 9.17) is 0 Å². The van der Waals surface area contributed by atoms with Gasteiger partial charge in [-0.2, -0.15) is 0 Å². The van der Waals surface area contributed by atoms with Crippen LogP contribution < -0.4 is 4.90 Å². The Hall–Kier alpha value is -1.88. The maximum Gasteiger partial charge on any atom is 0.128 e. The predicted molar refractivity (Wildman–Crippen MR) is 70.2 cm³/mol. The summed E-state index contributed by atoms with van der Waals surface area (Å²) in [5, 5.41) is 9.43. The van der Waals surface area contributed by atoms with E-state index in [0.717, 1.165) is 17.2 Å². The van der Waals surface area contributed by atoms with Crippen LogP contribution in [0.25, 0.3) is 0 Å². The van der Waals surface area contributed by atoms with Crippen molar-refractivity contribution in [2.75, 3.05) is 11.9 Å². The molecule has 0 amide bonds. The Labute approximate surface area is 107 Å². The van der Waals surface area contributed by atoms with Crippen LogP contribution in [0.3, 0.4) is 0 Å². The van der Waals surface area contributed by atoms with E-state index in [1.807, 2.05) is 41.9 Å². The second kappa shape index (κ2) is 5.18. The SMILES string of the molecule is C[C@@H](O)c1ccc(N(C)Cc2nccn2C)nc1. The van der Waals surface area contributed by atoms with Crippen molar-refractivity contribution in [3.8, 4) is 0 Å². The van der Waals surface area contributed by atoms with E-state index in [-0.39, 0.29) is 0 Å². The summed E-state index contributed by atoms with van der Waals surface area (Å²) < 4.78 is 1.99. The molecule has 2 rings (SSSR count). The zero-order valence-electron chi connectivity index (χ0n) is 10.9. The second-order valence-corrected chi connectivity index (χ2v) is 4.44. The van der Waals surface area contributed by atoms with Gasteiger partial charge in [0, 0.05) is 32.7 Å². The quantitative estimate of drug-likeness (QED) is 0.888. The van der Waals surface area contributed by atoms with Crippen LogP contribution in [0.15, 0.2) is 30.7 Å². The van der Waals surface area contributed by atoms with Gasteiger partial charge in [-0.25, -0.2) is 9.97 Å². The molecule has 1 N–H and O–H groups in total. The lowest BCUT2D eigenvalue weighted by Crippen LogP contribution is -2.20. The summed E-state index contributed by atoms with van der Waals surface area (Å²) in [5.41, 5.74) is 0.823. The van der Waals surface area contributed by atoms with E-state index in [1.165, 1.54) is 0 Å². The highest BCUT2D eigenvalue weighted by Gasteiger charge is 2.08. The normalized spacial score (nSPS) is 12.4. The number of pyridine rings is 1. The van der Waals surface area contributed by atoms with Crippen molar-refractivity contribution in [2.24, 2.45) is 7.05 Å². The van der Waals surface area contributed by atoms with Gasteiger partial charge in [-0.3, -0.25) is 0 Å². The number of imidazole rings is 1. The summed E-state index contributed by atoms with van der Waals surface area (Å²) in [5.74, 6) is 1.85. The lowest BCUT2D eigenvalue weighted by molar-refractivity contribution is 0.199. The number of anilines is 1. The Morgan fingerprint density at radius 3 is 2.67 bits per heavy atom. The molecule has 96 valence electrons. The van der Waals surface area contributed by atoms with Gasteiger partial charge in [0.1, 0.15) is 11.6 Å². The van der Waals surface area contributed by atoms with Crippen molar-refractivity contribution in [1.29, 1.82) is 0 Å². The highest BCUT2D eigenvalue weighted by Crippen LogP contribution is 2.16. The van der Waals surface area contributed by atoms with E-state index in [9.17, 15) is 5.11 Å². The molecule has 5 nitrogen and oxygen atoms in total. The van der Waals surface area contributed by atoms with E-state index in [2.05, 4.69) is 9.97 Å². The third-order valence-electron chi connectivity index (χ3n) is 2.94. The van der Waals surface area contributed by atoms with E-state index in [0.29, 0.717) is 6.54 Å². The number of aromatic nitrogens is 3. The molecule has 0 fully saturated rings.